The molecule has 20 heavy (non-hydrogen) atoms. The Bertz CT molecular complexity index is 428. The predicted octanol–water partition coefficient (Wildman–Crippen LogP) is 2.13. The molecular formula is C15H22BrN2O2+. The first-order valence-electron chi connectivity index (χ1n) is 7.18. The third-order valence-corrected chi connectivity index (χ3v) is 4.19. The number of rotatable bonds is 4. The highest BCUT2D eigenvalue weighted by Gasteiger charge is 2.25. The highest BCUT2D eigenvalue weighted by molar-refractivity contribution is 9.10. The number of likely N-dealkylation sites (tertiary alicyclic amines) is 1. The lowest BCUT2D eigenvalue weighted by Crippen LogP contribution is -2.89. The third-order valence-electron chi connectivity index (χ3n) is 3.67. The van der Waals surface area contributed by atoms with Crippen LogP contribution in [0.4, 0.5) is 4.79 Å². The average molecular weight is 342 g/mol. The molecule has 0 atom stereocenters. The van der Waals surface area contributed by atoms with Gasteiger partial charge in [-0.15, -0.1) is 0 Å². The van der Waals surface area contributed by atoms with E-state index in [1.54, 1.807) is 0 Å². The molecule has 1 aliphatic heterocycles. The smallest absolute Gasteiger partial charge is 0.409 e. The first-order valence-corrected chi connectivity index (χ1v) is 7.98. The van der Waals surface area contributed by atoms with Crippen molar-refractivity contribution >= 4 is 22.0 Å². The van der Waals surface area contributed by atoms with E-state index in [-0.39, 0.29) is 6.09 Å². The zero-order valence-electron chi connectivity index (χ0n) is 11.8. The van der Waals surface area contributed by atoms with Crippen LogP contribution in [0.25, 0.3) is 0 Å². The Kier molecular flexibility index (Phi) is 5.86. The predicted molar refractivity (Wildman–Crippen MR) is 81.4 cm³/mol. The Labute approximate surface area is 128 Å². The number of quaternary nitrogens is 1. The molecule has 1 amide bonds. The molecule has 4 nitrogen and oxygen atoms in total. The van der Waals surface area contributed by atoms with Crippen molar-refractivity contribution in [3.8, 4) is 0 Å². The maximum absolute atomic E-state index is 11.6. The summed E-state index contributed by atoms with van der Waals surface area (Å²) in [7, 11) is 0. The molecule has 0 aromatic heterocycles. The first kappa shape index (κ1) is 15.3. The number of nitrogens with two attached hydrogens (primary N) is 1. The van der Waals surface area contributed by atoms with E-state index in [2.05, 4.69) is 45.5 Å². The van der Waals surface area contributed by atoms with Crippen LogP contribution in [0.1, 0.15) is 25.3 Å². The summed E-state index contributed by atoms with van der Waals surface area (Å²) in [6.45, 7) is 4.91. The Hall–Kier alpha value is -1.07. The number of amides is 1. The van der Waals surface area contributed by atoms with Gasteiger partial charge in [0.1, 0.15) is 6.54 Å². The van der Waals surface area contributed by atoms with Gasteiger partial charge in [0.15, 0.2) is 0 Å². The molecular weight excluding hydrogens is 320 g/mol. The van der Waals surface area contributed by atoms with Gasteiger partial charge in [-0.05, 0) is 19.1 Å². The summed E-state index contributed by atoms with van der Waals surface area (Å²) < 4.78 is 6.14. The molecule has 110 valence electrons. The van der Waals surface area contributed by atoms with Crippen molar-refractivity contribution in [1.29, 1.82) is 0 Å². The molecule has 1 aromatic rings. The molecule has 2 rings (SSSR count). The van der Waals surface area contributed by atoms with E-state index in [1.807, 2.05) is 11.8 Å². The van der Waals surface area contributed by atoms with Crippen molar-refractivity contribution in [2.75, 3.05) is 19.7 Å². The van der Waals surface area contributed by atoms with E-state index in [1.165, 1.54) is 5.56 Å². The van der Waals surface area contributed by atoms with Crippen LogP contribution >= 0.6 is 15.9 Å². The van der Waals surface area contributed by atoms with Gasteiger partial charge in [0, 0.05) is 36.0 Å². The summed E-state index contributed by atoms with van der Waals surface area (Å²) in [5.41, 5.74) is 1.33. The quantitative estimate of drug-likeness (QED) is 0.911. The van der Waals surface area contributed by atoms with Crippen molar-refractivity contribution in [2.24, 2.45) is 0 Å². The molecule has 0 unspecified atom stereocenters. The number of carbonyl (C=O) groups excluding carboxylic acids is 1. The fourth-order valence-electron chi connectivity index (χ4n) is 2.46. The van der Waals surface area contributed by atoms with Crippen LogP contribution in [0, 0.1) is 0 Å². The monoisotopic (exact) mass is 341 g/mol. The van der Waals surface area contributed by atoms with Crippen molar-refractivity contribution in [2.45, 2.75) is 32.4 Å². The van der Waals surface area contributed by atoms with E-state index >= 15 is 0 Å². The fraction of sp³-hybridized carbons (Fsp3) is 0.533. The van der Waals surface area contributed by atoms with E-state index in [0.717, 1.165) is 36.9 Å². The molecule has 1 fully saturated rings. The maximum atomic E-state index is 11.6. The molecule has 1 heterocycles. The van der Waals surface area contributed by atoms with E-state index in [9.17, 15) is 4.79 Å². The number of ether oxygens (including phenoxy) is 1. The molecule has 0 bridgehead atoms. The third kappa shape index (κ3) is 4.49. The molecule has 5 heteroatoms. The first-order chi connectivity index (χ1) is 9.69. The molecule has 2 N–H and O–H groups in total. The van der Waals surface area contributed by atoms with Gasteiger partial charge in [0.2, 0.25) is 0 Å². The van der Waals surface area contributed by atoms with E-state index < -0.39 is 0 Å². The van der Waals surface area contributed by atoms with Gasteiger partial charge in [-0.3, -0.25) is 0 Å². The number of hydrogen-bond donors (Lipinski definition) is 1. The van der Waals surface area contributed by atoms with Crippen LogP contribution < -0.4 is 5.32 Å². The zero-order valence-corrected chi connectivity index (χ0v) is 13.4. The van der Waals surface area contributed by atoms with Crippen molar-refractivity contribution in [3.05, 3.63) is 34.3 Å². The van der Waals surface area contributed by atoms with Gasteiger partial charge in [-0.1, -0.05) is 28.1 Å². The van der Waals surface area contributed by atoms with Gasteiger partial charge in [0.05, 0.1) is 12.6 Å². The minimum atomic E-state index is -0.168. The summed E-state index contributed by atoms with van der Waals surface area (Å²) in [6.07, 6.45) is 1.91. The lowest BCUT2D eigenvalue weighted by Gasteiger charge is -2.29. The van der Waals surface area contributed by atoms with Crippen molar-refractivity contribution in [1.82, 2.24) is 4.90 Å². The van der Waals surface area contributed by atoms with Crippen molar-refractivity contribution < 1.29 is 14.8 Å². The van der Waals surface area contributed by atoms with Gasteiger partial charge in [-0.2, -0.15) is 0 Å². The molecule has 0 radical (unpaired) electrons. The highest BCUT2D eigenvalue weighted by atomic mass is 79.9. The molecule has 1 aromatic carbocycles. The van der Waals surface area contributed by atoms with Crippen LogP contribution in [0.2, 0.25) is 0 Å². The highest BCUT2D eigenvalue weighted by Crippen LogP contribution is 2.11. The molecule has 1 saturated heterocycles. The summed E-state index contributed by atoms with van der Waals surface area (Å²) in [4.78, 5) is 13.4. The van der Waals surface area contributed by atoms with Crippen LogP contribution in [0.15, 0.2) is 28.7 Å². The van der Waals surface area contributed by atoms with Gasteiger partial charge >= 0.3 is 6.09 Å². The molecule has 0 aliphatic carbocycles. The number of halogens is 1. The van der Waals surface area contributed by atoms with Gasteiger partial charge < -0.3 is 15.0 Å². The topological polar surface area (TPSA) is 46.1 Å². The SMILES string of the molecule is CCOC(=O)N1CCC([NH2+]Cc2ccc(Br)cc2)CC1. The second-order valence-corrected chi connectivity index (χ2v) is 6.01. The molecule has 0 spiro atoms. The van der Waals surface area contributed by atoms with Crippen LogP contribution in [-0.2, 0) is 11.3 Å². The Balaban J connectivity index is 1.72. The summed E-state index contributed by atoms with van der Waals surface area (Å²) in [6, 6.07) is 9.05. The summed E-state index contributed by atoms with van der Waals surface area (Å²) >= 11 is 3.45. The average Bonchev–Trinajstić information content (AvgIpc) is 2.47. The maximum Gasteiger partial charge on any atom is 0.409 e. The van der Waals surface area contributed by atoms with Crippen LogP contribution in [-0.4, -0.2) is 36.7 Å². The lowest BCUT2D eigenvalue weighted by atomic mass is 10.0. The van der Waals surface area contributed by atoms with E-state index in [0.29, 0.717) is 12.6 Å². The summed E-state index contributed by atoms with van der Waals surface area (Å²) in [5.74, 6) is 0. The number of benzene rings is 1. The van der Waals surface area contributed by atoms with Crippen LogP contribution in [0.5, 0.6) is 0 Å². The number of nitrogens with zero attached hydrogens (tertiary/aromatic N) is 1. The number of carbonyl (C=O) groups is 1. The Morgan fingerprint density at radius 1 is 1.35 bits per heavy atom. The number of hydrogen-bond acceptors (Lipinski definition) is 2. The second-order valence-electron chi connectivity index (χ2n) is 5.09. The fourth-order valence-corrected chi connectivity index (χ4v) is 2.72. The zero-order chi connectivity index (χ0) is 14.4. The molecule has 0 saturated carbocycles. The minimum absolute atomic E-state index is 0.168. The van der Waals surface area contributed by atoms with Gasteiger partial charge in [0.25, 0.3) is 0 Å². The molecule has 1 aliphatic rings. The van der Waals surface area contributed by atoms with Gasteiger partial charge in [-0.25, -0.2) is 4.79 Å². The standard InChI is InChI=1S/C15H21BrN2O2/c1-2-20-15(19)18-9-7-14(8-10-18)17-11-12-3-5-13(16)6-4-12/h3-6,14,17H,2,7-11H2,1H3/p+1. The number of piperidine rings is 1. The largest absolute Gasteiger partial charge is 0.450 e. The Morgan fingerprint density at radius 3 is 2.60 bits per heavy atom. The van der Waals surface area contributed by atoms with Crippen LogP contribution in [0.3, 0.4) is 0 Å². The lowest BCUT2D eigenvalue weighted by molar-refractivity contribution is -0.706. The second kappa shape index (κ2) is 7.64. The minimum Gasteiger partial charge on any atom is -0.450 e. The summed E-state index contributed by atoms with van der Waals surface area (Å²) in [5, 5.41) is 2.38. The van der Waals surface area contributed by atoms with Crippen molar-refractivity contribution in [3.63, 3.8) is 0 Å². The normalized spacial score (nSPS) is 16.2. The van der Waals surface area contributed by atoms with E-state index in [4.69, 9.17) is 4.74 Å². The Morgan fingerprint density at radius 2 is 2.00 bits per heavy atom.